The van der Waals surface area contributed by atoms with E-state index >= 15 is 0 Å². The van der Waals surface area contributed by atoms with Gasteiger partial charge in [-0.05, 0) is 43.0 Å². The molecule has 0 saturated heterocycles. The quantitative estimate of drug-likeness (QED) is 0.882. The molecule has 1 aromatic rings. The van der Waals surface area contributed by atoms with E-state index in [-0.39, 0.29) is 5.91 Å². The summed E-state index contributed by atoms with van der Waals surface area (Å²) in [6.45, 7) is 0. The molecule has 94 valence electrons. The number of carbonyl (C=O) groups excluding carboxylic acids is 1. The second-order valence-electron chi connectivity index (χ2n) is 4.95. The minimum absolute atomic E-state index is 0.0895. The van der Waals surface area contributed by atoms with Crippen LogP contribution in [0.4, 0.5) is 5.69 Å². The third kappa shape index (κ3) is 3.59. The molecule has 0 spiro atoms. The fourth-order valence-electron chi connectivity index (χ4n) is 2.49. The first kappa shape index (κ1) is 12.6. The summed E-state index contributed by atoms with van der Waals surface area (Å²) in [5.41, 5.74) is 1.38. The SMILES string of the molecule is N#Cc1ccc(NC(=O)CC2CCCCC2)cc1. The van der Waals surface area contributed by atoms with Crippen LogP contribution in [0.2, 0.25) is 0 Å². The highest BCUT2D eigenvalue weighted by atomic mass is 16.1. The number of nitrogens with zero attached hydrogens (tertiary/aromatic N) is 1. The Morgan fingerprint density at radius 2 is 1.89 bits per heavy atom. The molecule has 1 saturated carbocycles. The van der Waals surface area contributed by atoms with Gasteiger partial charge < -0.3 is 5.32 Å². The number of hydrogen-bond acceptors (Lipinski definition) is 2. The van der Waals surface area contributed by atoms with Crippen molar-refractivity contribution >= 4 is 11.6 Å². The molecule has 1 fully saturated rings. The molecule has 0 aliphatic heterocycles. The van der Waals surface area contributed by atoms with Crippen molar-refractivity contribution in [1.29, 1.82) is 5.26 Å². The summed E-state index contributed by atoms with van der Waals surface area (Å²) in [7, 11) is 0. The summed E-state index contributed by atoms with van der Waals surface area (Å²) >= 11 is 0. The van der Waals surface area contributed by atoms with E-state index in [1.54, 1.807) is 24.3 Å². The predicted octanol–water partition coefficient (Wildman–Crippen LogP) is 3.47. The first-order valence-electron chi connectivity index (χ1n) is 6.58. The standard InChI is InChI=1S/C15H18N2O/c16-11-13-6-8-14(9-7-13)17-15(18)10-12-4-2-1-3-5-12/h6-9,12H,1-5,10H2,(H,17,18). The van der Waals surface area contributed by atoms with Gasteiger partial charge in [-0.1, -0.05) is 19.3 Å². The number of nitrogens with one attached hydrogen (secondary N) is 1. The van der Waals surface area contributed by atoms with Crippen LogP contribution >= 0.6 is 0 Å². The van der Waals surface area contributed by atoms with Crippen molar-refractivity contribution in [3.8, 4) is 6.07 Å². The number of nitriles is 1. The van der Waals surface area contributed by atoms with Gasteiger partial charge in [0.2, 0.25) is 5.91 Å². The molecule has 0 aromatic heterocycles. The van der Waals surface area contributed by atoms with Crippen LogP contribution in [0.5, 0.6) is 0 Å². The number of rotatable bonds is 3. The van der Waals surface area contributed by atoms with Gasteiger partial charge in [0.15, 0.2) is 0 Å². The molecule has 0 bridgehead atoms. The molecule has 18 heavy (non-hydrogen) atoms. The van der Waals surface area contributed by atoms with Crippen molar-refractivity contribution in [2.75, 3.05) is 5.32 Å². The van der Waals surface area contributed by atoms with E-state index in [0.29, 0.717) is 17.9 Å². The lowest BCUT2D eigenvalue weighted by Gasteiger charge is -2.20. The van der Waals surface area contributed by atoms with Gasteiger partial charge in [0.25, 0.3) is 0 Å². The van der Waals surface area contributed by atoms with Crippen LogP contribution in [0.1, 0.15) is 44.1 Å². The van der Waals surface area contributed by atoms with Gasteiger partial charge in [-0.15, -0.1) is 0 Å². The molecule has 1 aromatic carbocycles. The Hall–Kier alpha value is -1.82. The van der Waals surface area contributed by atoms with E-state index in [4.69, 9.17) is 5.26 Å². The van der Waals surface area contributed by atoms with Crippen LogP contribution in [0.3, 0.4) is 0 Å². The van der Waals surface area contributed by atoms with Crippen LogP contribution in [0.15, 0.2) is 24.3 Å². The molecule has 0 atom stereocenters. The zero-order chi connectivity index (χ0) is 12.8. The lowest BCUT2D eigenvalue weighted by atomic mass is 9.87. The largest absolute Gasteiger partial charge is 0.326 e. The Balaban J connectivity index is 1.84. The van der Waals surface area contributed by atoms with Gasteiger partial charge in [-0.2, -0.15) is 5.26 Å². The van der Waals surface area contributed by atoms with Crippen molar-refractivity contribution in [3.63, 3.8) is 0 Å². The molecule has 1 aliphatic rings. The van der Waals surface area contributed by atoms with Gasteiger partial charge in [0.05, 0.1) is 11.6 Å². The molecular formula is C15H18N2O. The lowest BCUT2D eigenvalue weighted by Crippen LogP contribution is -2.18. The Morgan fingerprint density at radius 1 is 1.22 bits per heavy atom. The molecular weight excluding hydrogens is 224 g/mol. The maximum atomic E-state index is 11.9. The van der Waals surface area contributed by atoms with Crippen LogP contribution in [-0.2, 0) is 4.79 Å². The van der Waals surface area contributed by atoms with E-state index in [9.17, 15) is 4.79 Å². The summed E-state index contributed by atoms with van der Waals surface area (Å²) in [5, 5.41) is 11.6. The molecule has 3 nitrogen and oxygen atoms in total. The monoisotopic (exact) mass is 242 g/mol. The maximum absolute atomic E-state index is 11.9. The number of carbonyl (C=O) groups is 1. The molecule has 0 radical (unpaired) electrons. The minimum atomic E-state index is 0.0895. The molecule has 1 N–H and O–H groups in total. The van der Waals surface area contributed by atoms with E-state index in [2.05, 4.69) is 11.4 Å². The Kier molecular flexibility index (Phi) is 4.35. The fraction of sp³-hybridized carbons (Fsp3) is 0.467. The van der Waals surface area contributed by atoms with Crippen LogP contribution in [-0.4, -0.2) is 5.91 Å². The highest BCUT2D eigenvalue weighted by Crippen LogP contribution is 2.26. The second kappa shape index (κ2) is 6.20. The first-order chi connectivity index (χ1) is 8.78. The van der Waals surface area contributed by atoms with Gasteiger partial charge >= 0.3 is 0 Å². The lowest BCUT2D eigenvalue weighted by molar-refractivity contribution is -0.117. The second-order valence-corrected chi connectivity index (χ2v) is 4.95. The van der Waals surface area contributed by atoms with Crippen molar-refractivity contribution in [2.45, 2.75) is 38.5 Å². The van der Waals surface area contributed by atoms with Gasteiger partial charge in [0, 0.05) is 12.1 Å². The number of anilines is 1. The average Bonchev–Trinajstić information content (AvgIpc) is 2.40. The minimum Gasteiger partial charge on any atom is -0.326 e. The molecule has 2 rings (SSSR count). The predicted molar refractivity (Wildman–Crippen MR) is 71.0 cm³/mol. The number of hydrogen-bond donors (Lipinski definition) is 1. The van der Waals surface area contributed by atoms with E-state index in [1.165, 1.54) is 32.1 Å². The normalized spacial score (nSPS) is 15.9. The zero-order valence-corrected chi connectivity index (χ0v) is 10.5. The summed E-state index contributed by atoms with van der Waals surface area (Å²) in [6.07, 6.45) is 6.82. The van der Waals surface area contributed by atoms with Gasteiger partial charge in [0.1, 0.15) is 0 Å². The molecule has 0 unspecified atom stereocenters. The molecule has 1 aliphatic carbocycles. The van der Waals surface area contributed by atoms with Crippen molar-refractivity contribution in [2.24, 2.45) is 5.92 Å². The zero-order valence-electron chi connectivity index (χ0n) is 10.5. The summed E-state index contributed by atoms with van der Waals surface area (Å²) in [5.74, 6) is 0.642. The number of amides is 1. The molecule has 1 amide bonds. The van der Waals surface area contributed by atoms with Gasteiger partial charge in [-0.3, -0.25) is 4.79 Å². The maximum Gasteiger partial charge on any atom is 0.224 e. The summed E-state index contributed by atoms with van der Waals surface area (Å²) in [4.78, 5) is 11.9. The Labute approximate surface area is 108 Å². The average molecular weight is 242 g/mol. The number of benzene rings is 1. The van der Waals surface area contributed by atoms with Crippen LogP contribution in [0.25, 0.3) is 0 Å². The molecule has 3 heteroatoms. The Morgan fingerprint density at radius 3 is 2.50 bits per heavy atom. The summed E-state index contributed by atoms with van der Waals surface area (Å²) in [6, 6.07) is 9.05. The first-order valence-corrected chi connectivity index (χ1v) is 6.58. The highest BCUT2D eigenvalue weighted by molar-refractivity contribution is 5.90. The van der Waals surface area contributed by atoms with Crippen molar-refractivity contribution < 1.29 is 4.79 Å². The smallest absolute Gasteiger partial charge is 0.224 e. The van der Waals surface area contributed by atoms with E-state index in [0.717, 1.165) is 5.69 Å². The molecule has 0 heterocycles. The van der Waals surface area contributed by atoms with E-state index in [1.807, 2.05) is 0 Å². The Bertz CT molecular complexity index is 439. The van der Waals surface area contributed by atoms with Crippen LogP contribution < -0.4 is 5.32 Å². The van der Waals surface area contributed by atoms with Crippen LogP contribution in [0, 0.1) is 17.2 Å². The third-order valence-electron chi connectivity index (χ3n) is 3.50. The third-order valence-corrected chi connectivity index (χ3v) is 3.50. The highest BCUT2D eigenvalue weighted by Gasteiger charge is 2.16. The van der Waals surface area contributed by atoms with E-state index < -0.39 is 0 Å². The van der Waals surface area contributed by atoms with Crippen molar-refractivity contribution in [1.82, 2.24) is 0 Å². The topological polar surface area (TPSA) is 52.9 Å². The summed E-state index contributed by atoms with van der Waals surface area (Å²) < 4.78 is 0. The van der Waals surface area contributed by atoms with Crippen molar-refractivity contribution in [3.05, 3.63) is 29.8 Å². The fourth-order valence-corrected chi connectivity index (χ4v) is 2.49. The van der Waals surface area contributed by atoms with Gasteiger partial charge in [-0.25, -0.2) is 0 Å².